The summed E-state index contributed by atoms with van der Waals surface area (Å²) in [6, 6.07) is 6.81. The third kappa shape index (κ3) is 3.90. The first-order valence-electron chi connectivity index (χ1n) is 11.4. The Morgan fingerprint density at radius 1 is 1.00 bits per heavy atom. The van der Waals surface area contributed by atoms with Crippen LogP contribution in [-0.2, 0) is 15.6 Å². The molecule has 3 aliphatic carbocycles. The van der Waals surface area contributed by atoms with Gasteiger partial charge < -0.3 is 8.85 Å². The average molecular weight is 431 g/mol. The third-order valence-electron chi connectivity index (χ3n) is 7.40. The van der Waals surface area contributed by atoms with Gasteiger partial charge in [0.2, 0.25) is 8.32 Å². The predicted molar refractivity (Wildman–Crippen MR) is 124 cm³/mol. The smallest absolute Gasteiger partial charge is 0.242 e. The van der Waals surface area contributed by atoms with E-state index in [1.54, 1.807) is 0 Å². The van der Waals surface area contributed by atoms with Gasteiger partial charge in [-0.25, -0.2) is 0 Å². The summed E-state index contributed by atoms with van der Waals surface area (Å²) in [7, 11) is -3.34. The lowest BCUT2D eigenvalue weighted by atomic mass is 9.54. The second-order valence-electron chi connectivity index (χ2n) is 11.7. The van der Waals surface area contributed by atoms with E-state index in [-0.39, 0.29) is 11.5 Å². The standard InChI is InChI=1S/C24H38O3Si2/c1-24-21(12-13-22(24)25)19-10-8-16-14-17(26-28(2,3)4)9-11-18(16)20(19)15-23(24)27-29(5,6)7/h9,11,14,19-21,23H,8,10,12-13,15H2,1-7H3/t19-,20-,21+,23-,24+/m1/s1. The lowest BCUT2D eigenvalue weighted by Crippen LogP contribution is -2.54. The van der Waals surface area contributed by atoms with Crippen molar-refractivity contribution >= 4 is 22.4 Å². The molecule has 2 fully saturated rings. The Bertz CT molecular complexity index is 807. The molecule has 1 aromatic carbocycles. The number of carbonyl (C=O) groups is 1. The van der Waals surface area contributed by atoms with E-state index < -0.39 is 16.6 Å². The second kappa shape index (κ2) is 7.06. The number of aryl methyl sites for hydroxylation is 1. The quantitative estimate of drug-likeness (QED) is 0.537. The number of ketones is 1. The van der Waals surface area contributed by atoms with Gasteiger partial charge in [0.05, 0.1) is 11.5 Å². The van der Waals surface area contributed by atoms with Gasteiger partial charge in [-0.1, -0.05) is 6.07 Å². The molecule has 0 aliphatic heterocycles. The monoisotopic (exact) mass is 430 g/mol. The highest BCUT2D eigenvalue weighted by atomic mass is 28.4. The zero-order chi connectivity index (χ0) is 21.2. The normalized spacial score (nSPS) is 34.4. The van der Waals surface area contributed by atoms with Gasteiger partial charge in [-0.2, -0.15) is 0 Å². The number of fused-ring (bicyclic) bond motifs is 5. The highest BCUT2D eigenvalue weighted by Crippen LogP contribution is 2.60. The van der Waals surface area contributed by atoms with Gasteiger partial charge in [-0.05, 0) is 113 Å². The summed E-state index contributed by atoms with van der Waals surface area (Å²) in [6.45, 7) is 15.7. The molecule has 0 aromatic heterocycles. The molecule has 0 saturated heterocycles. The summed E-state index contributed by atoms with van der Waals surface area (Å²) in [4.78, 5) is 13.0. The number of rotatable bonds is 4. The summed E-state index contributed by atoms with van der Waals surface area (Å²) in [5, 5.41) is 0. The molecule has 3 aliphatic rings. The molecule has 0 heterocycles. The summed E-state index contributed by atoms with van der Waals surface area (Å²) in [6.07, 6.45) is 5.16. The Labute approximate surface area is 178 Å². The maximum atomic E-state index is 13.0. The summed E-state index contributed by atoms with van der Waals surface area (Å²) >= 11 is 0. The zero-order valence-electron chi connectivity index (χ0n) is 19.3. The number of carbonyl (C=O) groups excluding carboxylic acids is 1. The number of Topliss-reactive ketones (excluding diaryl/α,β-unsaturated/α-hetero) is 1. The van der Waals surface area contributed by atoms with Crippen LogP contribution in [0.3, 0.4) is 0 Å². The van der Waals surface area contributed by atoms with E-state index >= 15 is 0 Å². The van der Waals surface area contributed by atoms with Crippen LogP contribution < -0.4 is 4.43 Å². The molecular weight excluding hydrogens is 392 g/mol. The lowest BCUT2D eigenvalue weighted by Gasteiger charge is -2.53. The van der Waals surface area contributed by atoms with Crippen molar-refractivity contribution in [3.63, 3.8) is 0 Å². The molecule has 2 saturated carbocycles. The Morgan fingerprint density at radius 2 is 1.72 bits per heavy atom. The van der Waals surface area contributed by atoms with Gasteiger partial charge in [0.15, 0.2) is 8.32 Å². The molecule has 4 rings (SSSR count). The second-order valence-corrected chi connectivity index (χ2v) is 20.6. The van der Waals surface area contributed by atoms with E-state index in [1.807, 2.05) is 0 Å². The van der Waals surface area contributed by atoms with Crippen LogP contribution in [0.1, 0.15) is 49.7 Å². The van der Waals surface area contributed by atoms with Crippen LogP contribution in [0.2, 0.25) is 39.3 Å². The highest BCUT2D eigenvalue weighted by molar-refractivity contribution is 6.70. The molecule has 0 spiro atoms. The van der Waals surface area contributed by atoms with E-state index in [4.69, 9.17) is 8.85 Å². The van der Waals surface area contributed by atoms with Crippen molar-refractivity contribution < 1.29 is 13.6 Å². The first-order chi connectivity index (χ1) is 13.4. The molecule has 0 radical (unpaired) electrons. The minimum Gasteiger partial charge on any atom is -0.544 e. The third-order valence-corrected chi connectivity index (χ3v) is 9.24. The lowest BCUT2D eigenvalue weighted by molar-refractivity contribution is -0.139. The van der Waals surface area contributed by atoms with Gasteiger partial charge in [0.25, 0.3) is 0 Å². The van der Waals surface area contributed by atoms with Crippen LogP contribution in [0.4, 0.5) is 0 Å². The fraction of sp³-hybridized carbons (Fsp3) is 0.708. The Morgan fingerprint density at radius 3 is 2.38 bits per heavy atom. The molecule has 0 unspecified atom stereocenters. The van der Waals surface area contributed by atoms with Crippen molar-refractivity contribution in [2.45, 2.75) is 90.3 Å². The number of hydrogen-bond acceptors (Lipinski definition) is 3. The number of hydrogen-bond donors (Lipinski definition) is 0. The maximum Gasteiger partial charge on any atom is 0.242 e. The van der Waals surface area contributed by atoms with E-state index in [2.05, 4.69) is 64.4 Å². The van der Waals surface area contributed by atoms with Gasteiger partial charge in [0, 0.05) is 6.42 Å². The summed E-state index contributed by atoms with van der Waals surface area (Å²) in [5.74, 6) is 3.09. The largest absolute Gasteiger partial charge is 0.544 e. The molecule has 0 bridgehead atoms. The topological polar surface area (TPSA) is 35.5 Å². The van der Waals surface area contributed by atoms with Crippen molar-refractivity contribution in [2.24, 2.45) is 17.3 Å². The average Bonchev–Trinajstić information content (AvgIpc) is 2.89. The van der Waals surface area contributed by atoms with Crippen LogP contribution in [-0.4, -0.2) is 28.5 Å². The van der Waals surface area contributed by atoms with Gasteiger partial charge >= 0.3 is 0 Å². The molecule has 5 atom stereocenters. The van der Waals surface area contributed by atoms with E-state index in [0.717, 1.165) is 31.4 Å². The predicted octanol–water partition coefficient (Wildman–Crippen LogP) is 6.16. The van der Waals surface area contributed by atoms with E-state index in [9.17, 15) is 4.79 Å². The van der Waals surface area contributed by atoms with Gasteiger partial charge in [0.1, 0.15) is 11.5 Å². The van der Waals surface area contributed by atoms with E-state index in [0.29, 0.717) is 23.5 Å². The van der Waals surface area contributed by atoms with Crippen molar-refractivity contribution in [2.75, 3.05) is 0 Å². The minimum atomic E-state index is -1.73. The minimum absolute atomic E-state index is 0.0688. The van der Waals surface area contributed by atoms with Crippen LogP contribution in [0.25, 0.3) is 0 Å². The van der Waals surface area contributed by atoms with Crippen LogP contribution in [0.5, 0.6) is 5.75 Å². The molecule has 1 aromatic rings. The molecular formula is C24H38O3Si2. The Balaban J connectivity index is 1.69. The Kier molecular flexibility index (Phi) is 5.19. The summed E-state index contributed by atoms with van der Waals surface area (Å²) < 4.78 is 13.0. The van der Waals surface area contributed by atoms with Gasteiger partial charge in [-0.15, -0.1) is 0 Å². The van der Waals surface area contributed by atoms with Gasteiger partial charge in [-0.3, -0.25) is 4.79 Å². The highest BCUT2D eigenvalue weighted by Gasteiger charge is 2.60. The zero-order valence-corrected chi connectivity index (χ0v) is 21.3. The van der Waals surface area contributed by atoms with Crippen LogP contribution in [0.15, 0.2) is 18.2 Å². The summed E-state index contributed by atoms with van der Waals surface area (Å²) in [5.41, 5.74) is 2.68. The van der Waals surface area contributed by atoms with Crippen molar-refractivity contribution in [1.29, 1.82) is 0 Å². The Hall–Kier alpha value is -0.916. The molecule has 5 heteroatoms. The van der Waals surface area contributed by atoms with E-state index in [1.165, 1.54) is 17.5 Å². The molecule has 0 N–H and O–H groups in total. The molecule has 160 valence electrons. The maximum absolute atomic E-state index is 13.0. The number of benzene rings is 1. The molecule has 29 heavy (non-hydrogen) atoms. The van der Waals surface area contributed by atoms with Crippen molar-refractivity contribution in [3.05, 3.63) is 29.3 Å². The first-order valence-corrected chi connectivity index (χ1v) is 18.2. The molecule has 3 nitrogen and oxygen atoms in total. The van der Waals surface area contributed by atoms with Crippen LogP contribution >= 0.6 is 0 Å². The van der Waals surface area contributed by atoms with Crippen LogP contribution in [0, 0.1) is 17.3 Å². The van der Waals surface area contributed by atoms with Crippen molar-refractivity contribution in [3.8, 4) is 5.75 Å². The first kappa shape index (κ1) is 21.3. The van der Waals surface area contributed by atoms with Crippen molar-refractivity contribution in [1.82, 2.24) is 0 Å². The fourth-order valence-electron chi connectivity index (χ4n) is 6.33. The SMILES string of the molecule is C[C@@]12C(=O)CC[C@H]1[C@@H]1CCc3cc(O[Si](C)(C)C)ccc3[C@H]1C[C@H]2O[Si](C)(C)C. The molecule has 0 amide bonds. The fourth-order valence-corrected chi connectivity index (χ4v) is 8.36.